The first-order valence-corrected chi connectivity index (χ1v) is 5.30. The minimum Gasteiger partial charge on any atom is -0.466 e. The lowest BCUT2D eigenvalue weighted by atomic mass is 9.91. The number of carbonyl (C=O) groups is 1. The van der Waals surface area contributed by atoms with Crippen LogP contribution in [0.1, 0.15) is 26.2 Å². The molecule has 0 spiro atoms. The van der Waals surface area contributed by atoms with E-state index in [0.29, 0.717) is 6.61 Å². The van der Waals surface area contributed by atoms with Gasteiger partial charge in [-0.15, -0.1) is 0 Å². The van der Waals surface area contributed by atoms with Crippen LogP contribution < -0.4 is 5.73 Å². The molecule has 14 heavy (non-hydrogen) atoms. The fourth-order valence-corrected chi connectivity index (χ4v) is 2.46. The molecule has 4 heteroatoms. The highest BCUT2D eigenvalue weighted by atomic mass is 16.5. The van der Waals surface area contributed by atoms with Gasteiger partial charge in [0.05, 0.1) is 24.7 Å². The summed E-state index contributed by atoms with van der Waals surface area (Å²) >= 11 is 0. The molecule has 80 valence electrons. The molecular weight excluding hydrogens is 182 g/mol. The number of carbonyl (C=O) groups excluding carboxylic acids is 1. The van der Waals surface area contributed by atoms with Gasteiger partial charge >= 0.3 is 5.97 Å². The summed E-state index contributed by atoms with van der Waals surface area (Å²) in [5.74, 6) is -0.431. The standard InChI is InChI=1S/C10H17NO3/c1-2-13-10(12)9-7(11)5-6-3-4-8(9)14-6/h6-9H,2-5,11H2,1H3/t6-,7+,8+,9-/m0/s1. The maximum Gasteiger partial charge on any atom is 0.313 e. The van der Waals surface area contributed by atoms with E-state index in [1.165, 1.54) is 0 Å². The lowest BCUT2D eigenvalue weighted by Crippen LogP contribution is -2.48. The van der Waals surface area contributed by atoms with Crippen LogP contribution in [0.2, 0.25) is 0 Å². The number of fused-ring (bicyclic) bond motifs is 2. The second-order valence-electron chi connectivity index (χ2n) is 4.05. The fraction of sp³-hybridized carbons (Fsp3) is 0.900. The molecule has 2 fully saturated rings. The number of nitrogens with two attached hydrogens (primary N) is 1. The monoisotopic (exact) mass is 199 g/mol. The molecular formula is C10H17NO3. The van der Waals surface area contributed by atoms with Crippen LogP contribution >= 0.6 is 0 Å². The highest BCUT2D eigenvalue weighted by Gasteiger charge is 2.45. The highest BCUT2D eigenvalue weighted by molar-refractivity contribution is 5.74. The van der Waals surface area contributed by atoms with E-state index in [9.17, 15) is 4.79 Å². The number of rotatable bonds is 2. The van der Waals surface area contributed by atoms with E-state index in [2.05, 4.69) is 0 Å². The van der Waals surface area contributed by atoms with Crippen LogP contribution in [0.15, 0.2) is 0 Å². The summed E-state index contributed by atoms with van der Waals surface area (Å²) in [4.78, 5) is 11.6. The lowest BCUT2D eigenvalue weighted by molar-refractivity contribution is -0.158. The van der Waals surface area contributed by atoms with Crippen molar-refractivity contribution in [1.29, 1.82) is 0 Å². The molecule has 0 aromatic rings. The Morgan fingerprint density at radius 2 is 2.36 bits per heavy atom. The van der Waals surface area contributed by atoms with Gasteiger partial charge in [0.15, 0.2) is 0 Å². The average Bonchev–Trinajstić information content (AvgIpc) is 2.48. The molecule has 4 atom stereocenters. The zero-order valence-corrected chi connectivity index (χ0v) is 8.44. The van der Waals surface area contributed by atoms with Gasteiger partial charge < -0.3 is 15.2 Å². The van der Waals surface area contributed by atoms with Crippen LogP contribution in [0.4, 0.5) is 0 Å². The van der Waals surface area contributed by atoms with Crippen molar-refractivity contribution < 1.29 is 14.3 Å². The zero-order valence-electron chi connectivity index (χ0n) is 8.44. The minimum atomic E-state index is -0.242. The Hall–Kier alpha value is -0.610. The van der Waals surface area contributed by atoms with Crippen LogP contribution in [0.5, 0.6) is 0 Å². The third-order valence-corrected chi connectivity index (χ3v) is 3.10. The van der Waals surface area contributed by atoms with Gasteiger partial charge in [-0.2, -0.15) is 0 Å². The van der Waals surface area contributed by atoms with Crippen molar-refractivity contribution in [2.75, 3.05) is 6.61 Å². The van der Waals surface area contributed by atoms with Gasteiger partial charge in [0, 0.05) is 6.04 Å². The molecule has 2 N–H and O–H groups in total. The molecule has 4 nitrogen and oxygen atoms in total. The molecule has 0 amide bonds. The molecule has 2 aliphatic rings. The maximum atomic E-state index is 11.6. The summed E-state index contributed by atoms with van der Waals surface area (Å²) in [6, 6.07) is -0.0831. The molecule has 0 unspecified atom stereocenters. The van der Waals surface area contributed by atoms with Crippen molar-refractivity contribution >= 4 is 5.97 Å². The lowest BCUT2D eigenvalue weighted by Gasteiger charge is -2.32. The number of hydrogen-bond acceptors (Lipinski definition) is 4. The van der Waals surface area contributed by atoms with Gasteiger partial charge in [-0.25, -0.2) is 0 Å². The van der Waals surface area contributed by atoms with E-state index in [1.54, 1.807) is 0 Å². The summed E-state index contributed by atoms with van der Waals surface area (Å²) < 4.78 is 10.7. The first kappa shape index (κ1) is 9.93. The molecule has 2 rings (SSSR count). The van der Waals surface area contributed by atoms with E-state index in [0.717, 1.165) is 19.3 Å². The molecule has 2 bridgehead atoms. The minimum absolute atomic E-state index is 0.00259. The highest BCUT2D eigenvalue weighted by Crippen LogP contribution is 2.36. The van der Waals surface area contributed by atoms with Crippen molar-refractivity contribution in [3.8, 4) is 0 Å². The number of ether oxygens (including phenoxy) is 2. The van der Waals surface area contributed by atoms with Crippen molar-refractivity contribution in [3.05, 3.63) is 0 Å². The molecule has 2 saturated heterocycles. The van der Waals surface area contributed by atoms with E-state index in [-0.39, 0.29) is 30.1 Å². The molecule has 2 heterocycles. The van der Waals surface area contributed by atoms with Crippen LogP contribution in [0.25, 0.3) is 0 Å². The third kappa shape index (κ3) is 1.64. The first-order valence-electron chi connectivity index (χ1n) is 5.30. The van der Waals surface area contributed by atoms with E-state index >= 15 is 0 Å². The zero-order chi connectivity index (χ0) is 10.1. The second-order valence-corrected chi connectivity index (χ2v) is 4.05. The normalized spacial score (nSPS) is 41.0. The van der Waals surface area contributed by atoms with Gasteiger partial charge in [-0.05, 0) is 26.2 Å². The fourth-order valence-electron chi connectivity index (χ4n) is 2.46. The van der Waals surface area contributed by atoms with Gasteiger partial charge in [0.25, 0.3) is 0 Å². The molecule has 0 saturated carbocycles. The van der Waals surface area contributed by atoms with E-state index < -0.39 is 0 Å². The predicted molar refractivity (Wildman–Crippen MR) is 50.6 cm³/mol. The Morgan fingerprint density at radius 1 is 1.57 bits per heavy atom. The second kappa shape index (κ2) is 3.87. The topological polar surface area (TPSA) is 61.5 Å². The van der Waals surface area contributed by atoms with Gasteiger partial charge in [0.2, 0.25) is 0 Å². The van der Waals surface area contributed by atoms with Crippen LogP contribution in [-0.4, -0.2) is 30.8 Å². The molecule has 0 aliphatic carbocycles. The Kier molecular flexibility index (Phi) is 2.74. The Balaban J connectivity index is 2.05. The van der Waals surface area contributed by atoms with Crippen LogP contribution in [0.3, 0.4) is 0 Å². The third-order valence-electron chi connectivity index (χ3n) is 3.10. The van der Waals surface area contributed by atoms with Crippen molar-refractivity contribution in [2.24, 2.45) is 11.7 Å². The van der Waals surface area contributed by atoms with Crippen LogP contribution in [-0.2, 0) is 14.3 Å². The quantitative estimate of drug-likeness (QED) is 0.656. The van der Waals surface area contributed by atoms with Gasteiger partial charge in [-0.1, -0.05) is 0 Å². The summed E-state index contributed by atoms with van der Waals surface area (Å²) in [5, 5.41) is 0. The SMILES string of the molecule is CCOC(=O)[C@H]1[C@H](N)C[C@@H]2CC[C@H]1O2. The van der Waals surface area contributed by atoms with Crippen molar-refractivity contribution in [2.45, 2.75) is 44.4 Å². The summed E-state index contributed by atoms with van der Waals surface area (Å²) in [6.07, 6.45) is 3.05. The summed E-state index contributed by atoms with van der Waals surface area (Å²) in [7, 11) is 0. The Morgan fingerprint density at radius 3 is 3.07 bits per heavy atom. The Labute approximate surface area is 83.7 Å². The first-order chi connectivity index (χ1) is 6.72. The number of esters is 1. The van der Waals surface area contributed by atoms with Gasteiger partial charge in [0.1, 0.15) is 0 Å². The average molecular weight is 199 g/mol. The molecule has 2 aliphatic heterocycles. The summed E-state index contributed by atoms with van der Waals surface area (Å²) in [5.41, 5.74) is 5.95. The number of hydrogen-bond donors (Lipinski definition) is 1. The molecule has 0 aromatic heterocycles. The molecule has 0 aromatic carbocycles. The van der Waals surface area contributed by atoms with E-state index in [1.807, 2.05) is 6.92 Å². The summed E-state index contributed by atoms with van der Waals surface area (Å²) in [6.45, 7) is 2.22. The van der Waals surface area contributed by atoms with Crippen molar-refractivity contribution in [1.82, 2.24) is 0 Å². The van der Waals surface area contributed by atoms with Crippen LogP contribution in [0, 0.1) is 5.92 Å². The largest absolute Gasteiger partial charge is 0.466 e. The predicted octanol–water partition coefficient (Wildman–Crippen LogP) is 0.444. The Bertz CT molecular complexity index is 231. The van der Waals surface area contributed by atoms with E-state index in [4.69, 9.17) is 15.2 Å². The maximum absolute atomic E-state index is 11.6. The smallest absolute Gasteiger partial charge is 0.313 e. The molecule has 0 radical (unpaired) electrons. The van der Waals surface area contributed by atoms with Crippen molar-refractivity contribution in [3.63, 3.8) is 0 Å². The van der Waals surface area contributed by atoms with Gasteiger partial charge in [-0.3, -0.25) is 4.79 Å².